The maximum atomic E-state index is 5.83. The minimum Gasteiger partial charge on any atom is -0.354 e. The molecule has 130 valence electrons. The van der Waals surface area contributed by atoms with Gasteiger partial charge in [0, 0.05) is 17.6 Å². The molecule has 0 aliphatic carbocycles. The summed E-state index contributed by atoms with van der Waals surface area (Å²) in [5.74, 6) is 1.64. The van der Waals surface area contributed by atoms with Gasteiger partial charge in [0.15, 0.2) is 0 Å². The highest BCUT2D eigenvalue weighted by Gasteiger charge is 2.40. The van der Waals surface area contributed by atoms with E-state index in [1.165, 1.54) is 0 Å². The molecule has 1 aliphatic heterocycles. The third-order valence-corrected chi connectivity index (χ3v) is 4.85. The van der Waals surface area contributed by atoms with Gasteiger partial charge < -0.3 is 10.6 Å². The Morgan fingerprint density at radius 2 is 1.61 bits per heavy atom. The van der Waals surface area contributed by atoms with Crippen molar-refractivity contribution in [1.29, 1.82) is 0 Å². The van der Waals surface area contributed by atoms with Crippen molar-refractivity contribution >= 4 is 29.2 Å². The molecule has 1 unspecified atom stereocenters. The molecule has 7 heteroatoms. The lowest BCUT2D eigenvalue weighted by Crippen LogP contribution is -2.59. The number of aromatic nitrogens is 3. The first-order chi connectivity index (χ1) is 10.6. The third kappa shape index (κ3) is 5.44. The van der Waals surface area contributed by atoms with E-state index in [0.29, 0.717) is 17.8 Å². The van der Waals surface area contributed by atoms with Crippen LogP contribution in [0.15, 0.2) is 0 Å². The summed E-state index contributed by atoms with van der Waals surface area (Å²) in [6.07, 6.45) is 3.43. The van der Waals surface area contributed by atoms with E-state index >= 15 is 0 Å². The van der Waals surface area contributed by atoms with E-state index in [1.807, 2.05) is 0 Å². The van der Waals surface area contributed by atoms with Gasteiger partial charge in [-0.15, -0.1) is 0 Å². The molecule has 23 heavy (non-hydrogen) atoms. The summed E-state index contributed by atoms with van der Waals surface area (Å²) in [5, 5.41) is 7.25. The van der Waals surface area contributed by atoms with Gasteiger partial charge in [0.25, 0.3) is 0 Å². The molecule has 5 nitrogen and oxygen atoms in total. The van der Waals surface area contributed by atoms with Crippen LogP contribution in [0.2, 0.25) is 10.6 Å². The topological polar surface area (TPSA) is 62.7 Å². The van der Waals surface area contributed by atoms with E-state index < -0.39 is 0 Å². The highest BCUT2D eigenvalue weighted by atomic mass is 35.5. The van der Waals surface area contributed by atoms with Crippen molar-refractivity contribution in [2.24, 2.45) is 11.8 Å². The van der Waals surface area contributed by atoms with Crippen molar-refractivity contribution in [2.45, 2.75) is 65.0 Å². The Bertz CT molecular complexity index is 511. The van der Waals surface area contributed by atoms with Crippen molar-refractivity contribution in [1.82, 2.24) is 20.3 Å². The molecule has 0 amide bonds. The number of hydrogen-bond donors (Lipinski definition) is 2. The average molecular weight is 360 g/mol. The van der Waals surface area contributed by atoms with E-state index in [4.69, 9.17) is 23.2 Å². The molecule has 0 aromatic carbocycles. The Balaban J connectivity index is 2.04. The summed E-state index contributed by atoms with van der Waals surface area (Å²) in [6.45, 7) is 12.2. The molecule has 1 atom stereocenters. The Morgan fingerprint density at radius 3 is 2.09 bits per heavy atom. The average Bonchev–Trinajstić information content (AvgIpc) is 2.34. The summed E-state index contributed by atoms with van der Waals surface area (Å²) < 4.78 is 0. The molecule has 1 aliphatic rings. The van der Waals surface area contributed by atoms with Crippen molar-refractivity contribution in [2.75, 3.05) is 11.9 Å². The van der Waals surface area contributed by atoms with Crippen LogP contribution in [-0.2, 0) is 0 Å². The monoisotopic (exact) mass is 359 g/mol. The molecule has 0 spiro atoms. The molecule has 1 aromatic heterocycles. The molecular formula is C16H27Cl2N5. The van der Waals surface area contributed by atoms with Gasteiger partial charge in [-0.1, -0.05) is 13.3 Å². The molecule has 2 heterocycles. The van der Waals surface area contributed by atoms with Gasteiger partial charge in [-0.2, -0.15) is 15.0 Å². The van der Waals surface area contributed by atoms with Gasteiger partial charge in [-0.25, -0.2) is 0 Å². The van der Waals surface area contributed by atoms with Gasteiger partial charge >= 0.3 is 0 Å². The normalized spacial score (nSPS) is 21.9. The Hall–Kier alpha value is -0.650. The van der Waals surface area contributed by atoms with Crippen molar-refractivity contribution in [3.63, 3.8) is 0 Å². The van der Waals surface area contributed by atoms with Gasteiger partial charge in [0.2, 0.25) is 16.5 Å². The van der Waals surface area contributed by atoms with Crippen LogP contribution in [0.5, 0.6) is 0 Å². The van der Waals surface area contributed by atoms with Crippen LogP contribution in [0.1, 0.15) is 53.9 Å². The second-order valence-corrected chi connectivity index (χ2v) is 8.48. The maximum absolute atomic E-state index is 5.83. The van der Waals surface area contributed by atoms with E-state index in [1.54, 1.807) is 0 Å². The molecule has 1 saturated heterocycles. The minimum atomic E-state index is 0.115. The highest BCUT2D eigenvalue weighted by molar-refractivity contribution is 6.31. The first-order valence-corrected chi connectivity index (χ1v) is 8.96. The van der Waals surface area contributed by atoms with Crippen LogP contribution in [-0.4, -0.2) is 32.6 Å². The predicted octanol–water partition coefficient (Wildman–Crippen LogP) is 4.17. The molecular weight excluding hydrogens is 333 g/mol. The quantitative estimate of drug-likeness (QED) is 0.825. The standard InChI is InChI=1S/C16H27Cl2N5/c1-6-10(9-19-14-21-12(17)20-13(18)22-14)11-7-15(2,3)23-16(4,5)8-11/h10-11,23H,6-9H2,1-5H3,(H,19,20,21,22). The zero-order valence-corrected chi connectivity index (χ0v) is 16.1. The van der Waals surface area contributed by atoms with Crippen molar-refractivity contribution in [3.8, 4) is 0 Å². The summed E-state index contributed by atoms with van der Waals surface area (Å²) in [5.41, 5.74) is 0.305. The van der Waals surface area contributed by atoms with Crippen molar-refractivity contribution < 1.29 is 0 Å². The van der Waals surface area contributed by atoms with E-state index in [-0.39, 0.29) is 21.6 Å². The fourth-order valence-corrected chi connectivity index (χ4v) is 4.37. The second kappa shape index (κ2) is 7.08. The van der Waals surface area contributed by atoms with E-state index in [9.17, 15) is 0 Å². The van der Waals surface area contributed by atoms with Crippen LogP contribution >= 0.6 is 23.2 Å². The number of hydrogen-bond acceptors (Lipinski definition) is 5. The predicted molar refractivity (Wildman–Crippen MR) is 96.1 cm³/mol. The van der Waals surface area contributed by atoms with Crippen LogP contribution in [0.4, 0.5) is 5.95 Å². The molecule has 2 rings (SSSR count). The van der Waals surface area contributed by atoms with Gasteiger partial charge in [-0.05, 0) is 75.6 Å². The third-order valence-electron chi connectivity index (χ3n) is 4.52. The van der Waals surface area contributed by atoms with Crippen LogP contribution in [0, 0.1) is 11.8 Å². The number of nitrogens with one attached hydrogen (secondary N) is 2. The first-order valence-electron chi connectivity index (χ1n) is 8.20. The largest absolute Gasteiger partial charge is 0.354 e. The minimum absolute atomic E-state index is 0.115. The molecule has 1 aromatic rings. The zero-order valence-electron chi connectivity index (χ0n) is 14.6. The number of nitrogens with zero attached hydrogens (tertiary/aromatic N) is 3. The van der Waals surface area contributed by atoms with Gasteiger partial charge in [-0.3, -0.25) is 0 Å². The molecule has 0 radical (unpaired) electrons. The summed E-state index contributed by atoms with van der Waals surface area (Å²) in [7, 11) is 0. The Morgan fingerprint density at radius 1 is 1.09 bits per heavy atom. The van der Waals surface area contributed by atoms with E-state index in [2.05, 4.69) is 60.2 Å². The summed E-state index contributed by atoms with van der Waals surface area (Å²) in [4.78, 5) is 11.9. The lowest BCUT2D eigenvalue weighted by Gasteiger charge is -2.48. The zero-order chi connectivity index (χ0) is 17.3. The number of piperidine rings is 1. The first kappa shape index (κ1) is 18.7. The van der Waals surface area contributed by atoms with E-state index in [0.717, 1.165) is 25.8 Å². The Kier molecular flexibility index (Phi) is 5.75. The maximum Gasteiger partial charge on any atom is 0.228 e. The fourth-order valence-electron chi connectivity index (χ4n) is 4.01. The molecule has 1 fully saturated rings. The smallest absolute Gasteiger partial charge is 0.228 e. The highest BCUT2D eigenvalue weighted by Crippen LogP contribution is 2.38. The number of anilines is 1. The SMILES string of the molecule is CCC(CNc1nc(Cl)nc(Cl)n1)C1CC(C)(C)NC(C)(C)C1. The van der Waals surface area contributed by atoms with Crippen LogP contribution in [0.3, 0.4) is 0 Å². The van der Waals surface area contributed by atoms with Crippen molar-refractivity contribution in [3.05, 3.63) is 10.6 Å². The molecule has 0 bridgehead atoms. The van der Waals surface area contributed by atoms with Gasteiger partial charge in [0.1, 0.15) is 0 Å². The summed E-state index contributed by atoms with van der Waals surface area (Å²) >= 11 is 11.7. The molecule has 2 N–H and O–H groups in total. The van der Waals surface area contributed by atoms with Crippen LogP contribution in [0.25, 0.3) is 0 Å². The number of rotatable bonds is 5. The van der Waals surface area contributed by atoms with Crippen LogP contribution < -0.4 is 10.6 Å². The lowest BCUT2D eigenvalue weighted by molar-refractivity contribution is 0.0944. The molecule has 0 saturated carbocycles. The Labute approximate surface area is 149 Å². The lowest BCUT2D eigenvalue weighted by atomic mass is 9.70. The fraction of sp³-hybridized carbons (Fsp3) is 0.812. The summed E-state index contributed by atoms with van der Waals surface area (Å²) in [6, 6.07) is 0. The van der Waals surface area contributed by atoms with Gasteiger partial charge in [0.05, 0.1) is 0 Å². The second-order valence-electron chi connectivity index (χ2n) is 7.81. The number of halogens is 2.